The summed E-state index contributed by atoms with van der Waals surface area (Å²) in [5.74, 6) is -0.211. The Balaban J connectivity index is 1.32. The Labute approximate surface area is 146 Å². The van der Waals surface area contributed by atoms with Gasteiger partial charge in [0.1, 0.15) is 0 Å². The lowest BCUT2D eigenvalue weighted by atomic mass is 10.1. The summed E-state index contributed by atoms with van der Waals surface area (Å²) in [5.41, 5.74) is 1.21. The minimum absolute atomic E-state index is 0.0371. The molecule has 0 unspecified atom stereocenters. The van der Waals surface area contributed by atoms with E-state index in [-0.39, 0.29) is 23.6 Å². The van der Waals surface area contributed by atoms with Crippen LogP contribution in [0.1, 0.15) is 5.56 Å². The average Bonchev–Trinajstić information content (AvgIpc) is 3.05. The van der Waals surface area contributed by atoms with Crippen LogP contribution in [-0.4, -0.2) is 67.9 Å². The fourth-order valence-corrected chi connectivity index (χ4v) is 4.07. The van der Waals surface area contributed by atoms with Crippen molar-refractivity contribution < 1.29 is 14.3 Å². The van der Waals surface area contributed by atoms with E-state index >= 15 is 0 Å². The number of fused-ring (bicyclic) bond motifs is 1. The van der Waals surface area contributed by atoms with E-state index in [1.54, 1.807) is 11.8 Å². The number of morpholine rings is 1. The smallest absolute Gasteiger partial charge is 0.239 e. The van der Waals surface area contributed by atoms with Crippen LogP contribution in [0.25, 0.3) is 0 Å². The molecule has 3 rings (SSSR count). The molecule has 2 aliphatic rings. The van der Waals surface area contributed by atoms with Gasteiger partial charge in [0.25, 0.3) is 0 Å². The Morgan fingerprint density at radius 1 is 1.21 bits per heavy atom. The van der Waals surface area contributed by atoms with Gasteiger partial charge in [-0.15, -0.1) is 11.8 Å². The van der Waals surface area contributed by atoms with Crippen molar-refractivity contribution in [3.8, 4) is 0 Å². The van der Waals surface area contributed by atoms with Crippen molar-refractivity contribution in [2.45, 2.75) is 16.6 Å². The van der Waals surface area contributed by atoms with E-state index < -0.39 is 0 Å². The summed E-state index contributed by atoms with van der Waals surface area (Å²) in [6.45, 7) is 4.78. The molecule has 1 aromatic rings. The summed E-state index contributed by atoms with van der Waals surface area (Å²) >= 11 is 1.57. The van der Waals surface area contributed by atoms with Crippen LogP contribution in [0.2, 0.25) is 0 Å². The number of hydrogen-bond donors (Lipinski definition) is 2. The molecule has 0 aliphatic carbocycles. The fraction of sp³-hybridized carbons (Fsp3) is 0.529. The summed E-state index contributed by atoms with van der Waals surface area (Å²) < 4.78 is 5.29. The van der Waals surface area contributed by atoms with Gasteiger partial charge in [-0.3, -0.25) is 14.5 Å². The van der Waals surface area contributed by atoms with Crippen molar-refractivity contribution in [3.63, 3.8) is 0 Å². The van der Waals surface area contributed by atoms with Gasteiger partial charge in [0.05, 0.1) is 25.0 Å². The zero-order valence-corrected chi connectivity index (χ0v) is 14.4. The highest BCUT2D eigenvalue weighted by Crippen LogP contribution is 2.36. The van der Waals surface area contributed by atoms with Crippen molar-refractivity contribution in [1.29, 1.82) is 0 Å². The second-order valence-corrected chi connectivity index (χ2v) is 7.18. The summed E-state index contributed by atoms with van der Waals surface area (Å²) in [6.07, 6.45) is 0.728. The number of ether oxygens (including phenoxy) is 1. The number of nitrogens with zero attached hydrogens (tertiary/aromatic N) is 1. The van der Waals surface area contributed by atoms with Crippen molar-refractivity contribution in [3.05, 3.63) is 29.8 Å². The van der Waals surface area contributed by atoms with Gasteiger partial charge < -0.3 is 15.4 Å². The van der Waals surface area contributed by atoms with E-state index in [4.69, 9.17) is 4.74 Å². The molecule has 2 N–H and O–H groups in total. The second-order valence-electron chi connectivity index (χ2n) is 5.94. The van der Waals surface area contributed by atoms with Crippen molar-refractivity contribution >= 4 is 23.6 Å². The standard InChI is InChI=1S/C17H23N3O3S/c21-16(18-5-6-20-7-9-23-10-8-20)12-19-17(22)15-11-13-3-1-2-4-14(13)24-15/h1-4,15H,5-12H2,(H,18,21)(H,19,22)/t15-/m1/s1. The third-order valence-electron chi connectivity index (χ3n) is 4.22. The fourth-order valence-electron chi connectivity index (χ4n) is 2.85. The number of rotatable bonds is 6. The summed E-state index contributed by atoms with van der Waals surface area (Å²) in [4.78, 5) is 27.5. The van der Waals surface area contributed by atoms with Crippen molar-refractivity contribution in [2.24, 2.45) is 0 Å². The van der Waals surface area contributed by atoms with Crippen molar-refractivity contribution in [2.75, 3.05) is 45.9 Å². The molecule has 2 aliphatic heterocycles. The molecule has 0 radical (unpaired) electrons. The molecule has 1 atom stereocenters. The molecule has 1 fully saturated rings. The maximum atomic E-state index is 12.2. The van der Waals surface area contributed by atoms with Gasteiger partial charge in [-0.25, -0.2) is 0 Å². The second kappa shape index (κ2) is 8.50. The molecule has 0 aromatic heterocycles. The van der Waals surface area contributed by atoms with Crippen LogP contribution in [0.4, 0.5) is 0 Å². The molecule has 1 aromatic carbocycles. The Kier molecular flexibility index (Phi) is 6.12. The third kappa shape index (κ3) is 4.72. The van der Waals surface area contributed by atoms with Crippen LogP contribution < -0.4 is 10.6 Å². The van der Waals surface area contributed by atoms with E-state index in [2.05, 4.69) is 15.5 Å². The van der Waals surface area contributed by atoms with Gasteiger partial charge in [0, 0.05) is 31.1 Å². The van der Waals surface area contributed by atoms with Crippen LogP contribution >= 0.6 is 11.8 Å². The number of thioether (sulfide) groups is 1. The largest absolute Gasteiger partial charge is 0.379 e. The zero-order chi connectivity index (χ0) is 16.8. The molecule has 6 nitrogen and oxygen atoms in total. The highest BCUT2D eigenvalue weighted by molar-refractivity contribution is 8.01. The van der Waals surface area contributed by atoms with Crippen LogP contribution in [-0.2, 0) is 20.7 Å². The van der Waals surface area contributed by atoms with Gasteiger partial charge in [-0.05, 0) is 18.1 Å². The van der Waals surface area contributed by atoms with Gasteiger partial charge >= 0.3 is 0 Å². The first-order valence-corrected chi connectivity index (χ1v) is 9.19. The summed E-state index contributed by atoms with van der Waals surface area (Å²) in [5, 5.41) is 5.46. The molecule has 0 saturated carbocycles. The maximum absolute atomic E-state index is 12.2. The number of nitrogens with one attached hydrogen (secondary N) is 2. The highest BCUT2D eigenvalue weighted by Gasteiger charge is 2.27. The highest BCUT2D eigenvalue weighted by atomic mass is 32.2. The topological polar surface area (TPSA) is 70.7 Å². The summed E-state index contributed by atoms with van der Waals surface area (Å²) in [6, 6.07) is 8.05. The maximum Gasteiger partial charge on any atom is 0.239 e. The van der Waals surface area contributed by atoms with Crippen LogP contribution in [0, 0.1) is 0 Å². The van der Waals surface area contributed by atoms with E-state index in [9.17, 15) is 9.59 Å². The first kappa shape index (κ1) is 17.3. The lowest BCUT2D eigenvalue weighted by Crippen LogP contribution is -2.44. The number of benzene rings is 1. The van der Waals surface area contributed by atoms with Gasteiger partial charge in [-0.2, -0.15) is 0 Å². The minimum Gasteiger partial charge on any atom is -0.379 e. The molecule has 7 heteroatoms. The molecular formula is C17H23N3O3S. The van der Waals surface area contributed by atoms with Gasteiger partial charge in [0.2, 0.25) is 11.8 Å². The average molecular weight is 349 g/mol. The Morgan fingerprint density at radius 2 is 2.00 bits per heavy atom. The van der Waals surface area contributed by atoms with E-state index in [0.717, 1.165) is 44.2 Å². The number of carbonyl (C=O) groups is 2. The molecule has 2 heterocycles. The SMILES string of the molecule is O=C(CNC(=O)[C@H]1Cc2ccccc2S1)NCCN1CCOCC1. The lowest BCUT2D eigenvalue weighted by molar-refractivity contribution is -0.125. The monoisotopic (exact) mass is 349 g/mol. The van der Waals surface area contributed by atoms with Crippen LogP contribution in [0.15, 0.2) is 29.2 Å². The first-order valence-electron chi connectivity index (χ1n) is 8.31. The predicted molar refractivity (Wildman–Crippen MR) is 93.1 cm³/mol. The van der Waals surface area contributed by atoms with E-state index in [1.165, 1.54) is 5.56 Å². The molecule has 0 spiro atoms. The minimum atomic E-state index is -0.142. The van der Waals surface area contributed by atoms with Gasteiger partial charge in [0.15, 0.2) is 0 Å². The van der Waals surface area contributed by atoms with Crippen LogP contribution in [0.5, 0.6) is 0 Å². The van der Waals surface area contributed by atoms with E-state index in [0.29, 0.717) is 6.54 Å². The molecule has 0 bridgehead atoms. The summed E-state index contributed by atoms with van der Waals surface area (Å²) in [7, 11) is 0. The Bertz CT molecular complexity index is 565. The number of amides is 2. The van der Waals surface area contributed by atoms with Gasteiger partial charge in [-0.1, -0.05) is 18.2 Å². The van der Waals surface area contributed by atoms with Crippen molar-refractivity contribution in [1.82, 2.24) is 15.5 Å². The molecule has 2 amide bonds. The lowest BCUT2D eigenvalue weighted by Gasteiger charge is -2.26. The first-order chi connectivity index (χ1) is 11.7. The number of hydrogen-bond acceptors (Lipinski definition) is 5. The van der Waals surface area contributed by atoms with E-state index in [1.807, 2.05) is 24.3 Å². The Morgan fingerprint density at radius 3 is 2.79 bits per heavy atom. The predicted octanol–water partition coefficient (Wildman–Crippen LogP) is 0.268. The molecule has 1 saturated heterocycles. The quantitative estimate of drug-likeness (QED) is 0.771. The number of carbonyl (C=O) groups excluding carboxylic acids is 2. The third-order valence-corrected chi connectivity index (χ3v) is 5.53. The molecule has 24 heavy (non-hydrogen) atoms. The zero-order valence-electron chi connectivity index (χ0n) is 13.6. The Hall–Kier alpha value is -1.57. The van der Waals surface area contributed by atoms with Crippen LogP contribution in [0.3, 0.4) is 0 Å². The molecular weight excluding hydrogens is 326 g/mol. The normalized spacial score (nSPS) is 20.4. The molecule has 130 valence electrons.